The van der Waals surface area contributed by atoms with Crippen LogP contribution in [-0.2, 0) is 11.3 Å². The largest absolute Gasteiger partial charge is 0.391 e. The third kappa shape index (κ3) is 3.85. The molecule has 4 nitrogen and oxygen atoms in total. The summed E-state index contributed by atoms with van der Waals surface area (Å²) in [6.45, 7) is 5.46. The minimum absolute atomic E-state index is 0.0568. The van der Waals surface area contributed by atoms with Crippen molar-refractivity contribution < 1.29 is 9.90 Å². The Morgan fingerprint density at radius 1 is 1.12 bits per heavy atom. The zero-order valence-electron chi connectivity index (χ0n) is 14.9. The highest BCUT2D eigenvalue weighted by Crippen LogP contribution is 2.29. The fraction of sp³-hybridized carbons (Fsp3) is 0.381. The van der Waals surface area contributed by atoms with Crippen molar-refractivity contribution in [2.45, 2.75) is 38.5 Å². The third-order valence-corrected chi connectivity index (χ3v) is 5.10. The summed E-state index contributed by atoms with van der Waals surface area (Å²) < 4.78 is 0. The lowest BCUT2D eigenvalue weighted by Crippen LogP contribution is -2.51. The molecule has 1 heterocycles. The molecule has 4 heteroatoms. The zero-order chi connectivity index (χ0) is 17.9. The average molecular weight is 338 g/mol. The van der Waals surface area contributed by atoms with Gasteiger partial charge in [-0.1, -0.05) is 48.5 Å². The van der Waals surface area contributed by atoms with Crippen LogP contribution in [0.25, 0.3) is 0 Å². The molecule has 2 aromatic rings. The molecule has 1 amide bonds. The van der Waals surface area contributed by atoms with E-state index in [4.69, 9.17) is 0 Å². The van der Waals surface area contributed by atoms with Gasteiger partial charge >= 0.3 is 0 Å². The minimum Gasteiger partial charge on any atom is -0.391 e. The van der Waals surface area contributed by atoms with Crippen LogP contribution in [0.5, 0.6) is 0 Å². The molecule has 2 aromatic carbocycles. The van der Waals surface area contributed by atoms with E-state index in [1.54, 1.807) is 0 Å². The first kappa shape index (κ1) is 17.5. The van der Waals surface area contributed by atoms with E-state index in [0.717, 1.165) is 5.69 Å². The molecule has 1 saturated heterocycles. The fourth-order valence-electron chi connectivity index (χ4n) is 3.45. The predicted octanol–water partition coefficient (Wildman–Crippen LogP) is 3.07. The predicted molar refractivity (Wildman–Crippen MR) is 100 cm³/mol. The number of amides is 1. The highest BCUT2D eigenvalue weighted by molar-refractivity contribution is 5.82. The number of aliphatic hydroxyl groups is 1. The Balaban J connectivity index is 1.79. The van der Waals surface area contributed by atoms with Crippen LogP contribution in [-0.4, -0.2) is 40.6 Å². The van der Waals surface area contributed by atoms with Gasteiger partial charge in [0, 0.05) is 18.8 Å². The molecule has 0 spiro atoms. The van der Waals surface area contributed by atoms with Crippen molar-refractivity contribution in [2.24, 2.45) is 0 Å². The maximum Gasteiger partial charge on any atom is 0.242 e. The van der Waals surface area contributed by atoms with Gasteiger partial charge in [-0.3, -0.25) is 4.79 Å². The Bertz CT molecular complexity index is 700. The molecule has 1 aliphatic rings. The van der Waals surface area contributed by atoms with E-state index in [0.29, 0.717) is 26.1 Å². The van der Waals surface area contributed by atoms with Gasteiger partial charge in [-0.2, -0.15) is 0 Å². The van der Waals surface area contributed by atoms with Gasteiger partial charge in [0.25, 0.3) is 0 Å². The second-order valence-electron chi connectivity index (χ2n) is 7.18. The van der Waals surface area contributed by atoms with E-state index in [9.17, 15) is 9.90 Å². The summed E-state index contributed by atoms with van der Waals surface area (Å²) in [4.78, 5) is 16.9. The smallest absolute Gasteiger partial charge is 0.242 e. The van der Waals surface area contributed by atoms with Gasteiger partial charge in [0.15, 0.2) is 0 Å². The number of carbonyl (C=O) groups excluding carboxylic acids is 1. The lowest BCUT2D eigenvalue weighted by atomic mass is 9.99. The van der Waals surface area contributed by atoms with Crippen molar-refractivity contribution in [3.05, 3.63) is 66.2 Å². The first-order chi connectivity index (χ1) is 12.0. The number of aliphatic hydroxyl groups excluding tert-OH is 1. The molecule has 3 rings (SSSR count). The summed E-state index contributed by atoms with van der Waals surface area (Å²) in [6, 6.07) is 20.2. The van der Waals surface area contributed by atoms with E-state index in [1.165, 1.54) is 5.56 Å². The van der Waals surface area contributed by atoms with Crippen LogP contribution in [0.15, 0.2) is 60.7 Å². The molecular formula is C21H26N2O2. The highest BCUT2D eigenvalue weighted by Gasteiger charge is 2.42. The molecule has 0 aromatic heterocycles. The maximum absolute atomic E-state index is 13.0. The van der Waals surface area contributed by atoms with E-state index in [1.807, 2.05) is 67.3 Å². The lowest BCUT2D eigenvalue weighted by molar-refractivity contribution is -0.134. The molecule has 25 heavy (non-hydrogen) atoms. The second kappa shape index (κ2) is 7.28. The van der Waals surface area contributed by atoms with Crippen LogP contribution in [0.3, 0.4) is 0 Å². The number of para-hydroxylation sites is 1. The average Bonchev–Trinajstić information content (AvgIpc) is 2.89. The number of likely N-dealkylation sites (tertiary alicyclic amines) is 1. The van der Waals surface area contributed by atoms with Gasteiger partial charge in [-0.05, 0) is 38.0 Å². The summed E-state index contributed by atoms with van der Waals surface area (Å²) in [5.74, 6) is 0.0568. The van der Waals surface area contributed by atoms with Crippen molar-refractivity contribution in [3.8, 4) is 0 Å². The van der Waals surface area contributed by atoms with Crippen LogP contribution in [0, 0.1) is 0 Å². The number of benzene rings is 2. The number of hydrogen-bond donors (Lipinski definition) is 1. The van der Waals surface area contributed by atoms with Gasteiger partial charge in [-0.25, -0.2) is 0 Å². The Morgan fingerprint density at radius 3 is 2.28 bits per heavy atom. The molecule has 0 bridgehead atoms. The minimum atomic E-state index is -0.508. The second-order valence-corrected chi connectivity index (χ2v) is 7.18. The Labute approximate surface area is 149 Å². The first-order valence-electron chi connectivity index (χ1n) is 8.81. The summed E-state index contributed by atoms with van der Waals surface area (Å²) >= 11 is 0. The molecule has 1 atom stereocenters. The summed E-state index contributed by atoms with van der Waals surface area (Å²) in [5.41, 5.74) is 1.68. The van der Waals surface area contributed by atoms with E-state index in [-0.39, 0.29) is 5.91 Å². The van der Waals surface area contributed by atoms with Gasteiger partial charge in [0.2, 0.25) is 5.91 Å². The van der Waals surface area contributed by atoms with Gasteiger partial charge in [-0.15, -0.1) is 0 Å². The molecule has 1 N–H and O–H groups in total. The van der Waals surface area contributed by atoms with Crippen LogP contribution >= 0.6 is 0 Å². The van der Waals surface area contributed by atoms with Crippen molar-refractivity contribution in [3.63, 3.8) is 0 Å². The van der Waals surface area contributed by atoms with Crippen molar-refractivity contribution in [2.75, 3.05) is 18.0 Å². The van der Waals surface area contributed by atoms with Crippen LogP contribution in [0.4, 0.5) is 5.69 Å². The molecule has 1 unspecified atom stereocenters. The van der Waals surface area contributed by atoms with E-state index < -0.39 is 11.6 Å². The standard InChI is InChI=1S/C21H26N2O2/c1-21(2)19(24)13-14-23(21)20(25)16-22(18-11-7-4-8-12-18)15-17-9-5-3-6-10-17/h3-12,19,24H,13-16H2,1-2H3. The first-order valence-corrected chi connectivity index (χ1v) is 8.81. The van der Waals surface area contributed by atoms with Gasteiger partial charge in [0.1, 0.15) is 0 Å². The fourth-order valence-corrected chi connectivity index (χ4v) is 3.45. The molecule has 132 valence electrons. The van der Waals surface area contributed by atoms with Gasteiger partial charge in [0.05, 0.1) is 18.2 Å². The highest BCUT2D eigenvalue weighted by atomic mass is 16.3. The summed E-state index contributed by atoms with van der Waals surface area (Å²) in [5, 5.41) is 10.2. The number of hydrogen-bond acceptors (Lipinski definition) is 3. The maximum atomic E-state index is 13.0. The molecule has 1 aliphatic heterocycles. The molecule has 0 radical (unpaired) electrons. The lowest BCUT2D eigenvalue weighted by Gasteiger charge is -2.36. The monoisotopic (exact) mass is 338 g/mol. The zero-order valence-corrected chi connectivity index (χ0v) is 14.9. The Morgan fingerprint density at radius 2 is 1.72 bits per heavy atom. The molecule has 0 aliphatic carbocycles. The number of nitrogens with zero attached hydrogens (tertiary/aromatic N) is 2. The summed E-state index contributed by atoms with van der Waals surface area (Å²) in [7, 11) is 0. The normalized spacial score (nSPS) is 19.0. The molecular weight excluding hydrogens is 312 g/mol. The molecule has 0 saturated carbocycles. The number of rotatable bonds is 5. The third-order valence-electron chi connectivity index (χ3n) is 5.10. The van der Waals surface area contributed by atoms with Crippen LogP contribution in [0.2, 0.25) is 0 Å². The van der Waals surface area contributed by atoms with Crippen LogP contribution in [0.1, 0.15) is 25.8 Å². The van der Waals surface area contributed by atoms with E-state index >= 15 is 0 Å². The Hall–Kier alpha value is -2.33. The number of anilines is 1. The van der Waals surface area contributed by atoms with E-state index in [2.05, 4.69) is 17.0 Å². The van der Waals surface area contributed by atoms with Crippen molar-refractivity contribution in [1.29, 1.82) is 0 Å². The van der Waals surface area contributed by atoms with Gasteiger partial charge < -0.3 is 14.9 Å². The topological polar surface area (TPSA) is 43.8 Å². The number of carbonyl (C=O) groups is 1. The van der Waals surface area contributed by atoms with Crippen molar-refractivity contribution in [1.82, 2.24) is 4.90 Å². The summed E-state index contributed by atoms with van der Waals surface area (Å²) in [6.07, 6.45) is 0.179. The van der Waals surface area contributed by atoms with Crippen molar-refractivity contribution >= 4 is 11.6 Å². The quantitative estimate of drug-likeness (QED) is 0.911. The van der Waals surface area contributed by atoms with Crippen LogP contribution < -0.4 is 4.90 Å². The Kier molecular flexibility index (Phi) is 5.09. The SMILES string of the molecule is CC1(C)C(O)CCN1C(=O)CN(Cc1ccccc1)c1ccccc1. The molecule has 1 fully saturated rings.